The van der Waals surface area contributed by atoms with Crippen molar-refractivity contribution in [2.45, 2.75) is 11.8 Å². The molecule has 0 radical (unpaired) electrons. The number of carbonyl (C=O) groups is 1. The highest BCUT2D eigenvalue weighted by molar-refractivity contribution is 7.98. The lowest BCUT2D eigenvalue weighted by Gasteiger charge is -2.17. The van der Waals surface area contributed by atoms with E-state index in [0.717, 1.165) is 4.90 Å². The Morgan fingerprint density at radius 3 is 2.50 bits per heavy atom. The number of hydrogen-bond acceptors (Lipinski definition) is 2. The van der Waals surface area contributed by atoms with E-state index in [0.29, 0.717) is 18.7 Å². The average Bonchev–Trinajstić information content (AvgIpc) is 2.35. The van der Waals surface area contributed by atoms with E-state index in [1.54, 1.807) is 16.7 Å². The van der Waals surface area contributed by atoms with Crippen molar-refractivity contribution in [3.63, 3.8) is 0 Å². The molecule has 16 heavy (non-hydrogen) atoms. The van der Waals surface area contributed by atoms with E-state index in [-0.39, 0.29) is 5.91 Å². The molecular weight excluding hydrogens is 218 g/mol. The molecule has 0 aliphatic rings. The molecule has 0 aliphatic heterocycles. The minimum atomic E-state index is -0.00639. The zero-order valence-electron chi connectivity index (χ0n) is 9.56. The number of carbonyl (C=O) groups excluding carboxylic acids is 1. The molecule has 3 heteroatoms. The first-order chi connectivity index (χ1) is 7.72. The van der Waals surface area contributed by atoms with Crippen LogP contribution in [0, 0.1) is 12.3 Å². The van der Waals surface area contributed by atoms with Gasteiger partial charge < -0.3 is 4.90 Å². The lowest BCUT2D eigenvalue weighted by Crippen LogP contribution is -2.31. The zero-order valence-corrected chi connectivity index (χ0v) is 10.4. The molecule has 0 heterocycles. The lowest BCUT2D eigenvalue weighted by atomic mass is 10.2. The third-order valence-corrected chi connectivity index (χ3v) is 3.03. The number of terminal acetylenes is 1. The quantitative estimate of drug-likeness (QED) is 0.588. The summed E-state index contributed by atoms with van der Waals surface area (Å²) in [6.07, 6.45) is 7.23. The van der Waals surface area contributed by atoms with Gasteiger partial charge in [0.1, 0.15) is 0 Å². The van der Waals surface area contributed by atoms with E-state index in [1.165, 1.54) is 0 Å². The lowest BCUT2D eigenvalue weighted by molar-refractivity contribution is 0.0785. The number of amides is 1. The van der Waals surface area contributed by atoms with E-state index in [9.17, 15) is 4.79 Å². The molecule has 0 saturated carbocycles. The van der Waals surface area contributed by atoms with Gasteiger partial charge in [-0.1, -0.05) is 5.92 Å². The first kappa shape index (κ1) is 12.7. The Bertz CT molecular complexity index is 391. The SMILES string of the molecule is C#CCN(CC)C(=O)c1ccc(SC)cc1. The topological polar surface area (TPSA) is 20.3 Å². The zero-order chi connectivity index (χ0) is 12.0. The van der Waals surface area contributed by atoms with Gasteiger partial charge in [0, 0.05) is 17.0 Å². The Labute approximate surface area is 101 Å². The summed E-state index contributed by atoms with van der Waals surface area (Å²) in [6.45, 7) is 2.92. The van der Waals surface area contributed by atoms with Crippen molar-refractivity contribution in [2.24, 2.45) is 0 Å². The van der Waals surface area contributed by atoms with Crippen molar-refractivity contribution in [3.8, 4) is 12.3 Å². The maximum Gasteiger partial charge on any atom is 0.254 e. The van der Waals surface area contributed by atoms with Crippen LogP contribution < -0.4 is 0 Å². The van der Waals surface area contributed by atoms with Crippen LogP contribution in [0.25, 0.3) is 0 Å². The van der Waals surface area contributed by atoms with E-state index in [4.69, 9.17) is 6.42 Å². The summed E-state index contributed by atoms with van der Waals surface area (Å²) in [4.78, 5) is 14.8. The summed E-state index contributed by atoms with van der Waals surface area (Å²) < 4.78 is 0. The smallest absolute Gasteiger partial charge is 0.254 e. The molecule has 0 bridgehead atoms. The molecule has 84 valence electrons. The number of benzene rings is 1. The van der Waals surface area contributed by atoms with Crippen molar-refractivity contribution < 1.29 is 4.79 Å². The van der Waals surface area contributed by atoms with Crippen molar-refractivity contribution in [2.75, 3.05) is 19.3 Å². The number of thioether (sulfide) groups is 1. The molecule has 2 nitrogen and oxygen atoms in total. The summed E-state index contributed by atoms with van der Waals surface area (Å²) >= 11 is 1.66. The molecule has 0 fully saturated rings. The molecule has 0 spiro atoms. The fourth-order valence-corrected chi connectivity index (χ4v) is 1.76. The van der Waals surface area contributed by atoms with Crippen LogP contribution in [0.1, 0.15) is 17.3 Å². The Morgan fingerprint density at radius 1 is 1.44 bits per heavy atom. The van der Waals surface area contributed by atoms with Gasteiger partial charge in [0.15, 0.2) is 0 Å². The van der Waals surface area contributed by atoms with Gasteiger partial charge >= 0.3 is 0 Å². The molecule has 0 saturated heterocycles. The van der Waals surface area contributed by atoms with Gasteiger partial charge in [-0.25, -0.2) is 0 Å². The van der Waals surface area contributed by atoms with Crippen LogP contribution in [-0.4, -0.2) is 30.2 Å². The highest BCUT2D eigenvalue weighted by Crippen LogP contribution is 2.15. The first-order valence-electron chi connectivity index (χ1n) is 5.09. The third-order valence-electron chi connectivity index (χ3n) is 2.29. The van der Waals surface area contributed by atoms with Crippen LogP contribution in [0.3, 0.4) is 0 Å². The Hall–Kier alpha value is -1.40. The van der Waals surface area contributed by atoms with Crippen molar-refractivity contribution in [1.82, 2.24) is 4.90 Å². The minimum absolute atomic E-state index is 0.00639. The van der Waals surface area contributed by atoms with Gasteiger partial charge in [-0.2, -0.15) is 0 Å². The number of hydrogen-bond donors (Lipinski definition) is 0. The summed E-state index contributed by atoms with van der Waals surface area (Å²) in [5.41, 5.74) is 0.690. The minimum Gasteiger partial charge on any atom is -0.328 e. The van der Waals surface area contributed by atoms with Crippen LogP contribution in [0.15, 0.2) is 29.2 Å². The van der Waals surface area contributed by atoms with E-state index in [2.05, 4.69) is 5.92 Å². The summed E-state index contributed by atoms with van der Waals surface area (Å²) in [6, 6.07) is 7.57. The van der Waals surface area contributed by atoms with Gasteiger partial charge in [-0.15, -0.1) is 18.2 Å². The predicted molar refractivity (Wildman–Crippen MR) is 68.6 cm³/mol. The van der Waals surface area contributed by atoms with Gasteiger partial charge in [-0.05, 0) is 37.4 Å². The first-order valence-corrected chi connectivity index (χ1v) is 6.32. The van der Waals surface area contributed by atoms with Crippen LogP contribution >= 0.6 is 11.8 Å². The Morgan fingerprint density at radius 2 is 2.06 bits per heavy atom. The molecule has 1 amide bonds. The predicted octanol–water partition coefficient (Wildman–Crippen LogP) is 2.50. The van der Waals surface area contributed by atoms with Crippen molar-refractivity contribution in [3.05, 3.63) is 29.8 Å². The Kier molecular flexibility index (Phi) is 4.94. The molecule has 0 unspecified atom stereocenters. The maximum atomic E-state index is 12.0. The van der Waals surface area contributed by atoms with Gasteiger partial charge in [0.05, 0.1) is 6.54 Å². The molecule has 0 aromatic heterocycles. The fourth-order valence-electron chi connectivity index (χ4n) is 1.35. The second-order valence-electron chi connectivity index (χ2n) is 3.25. The normalized spacial score (nSPS) is 9.56. The monoisotopic (exact) mass is 233 g/mol. The van der Waals surface area contributed by atoms with Crippen LogP contribution in [-0.2, 0) is 0 Å². The second kappa shape index (κ2) is 6.24. The maximum absolute atomic E-state index is 12.0. The standard InChI is InChI=1S/C13H15NOS/c1-4-10-14(5-2)13(15)11-6-8-12(16-3)9-7-11/h1,6-9H,5,10H2,2-3H3. The summed E-state index contributed by atoms with van der Waals surface area (Å²) in [5, 5.41) is 0. The Balaban J connectivity index is 2.83. The summed E-state index contributed by atoms with van der Waals surface area (Å²) in [7, 11) is 0. The molecule has 1 rings (SSSR count). The van der Waals surface area contributed by atoms with Gasteiger partial charge in [-0.3, -0.25) is 4.79 Å². The number of nitrogens with zero attached hydrogens (tertiary/aromatic N) is 1. The molecule has 0 N–H and O–H groups in total. The second-order valence-corrected chi connectivity index (χ2v) is 4.13. The van der Waals surface area contributed by atoms with Crippen LogP contribution in [0.5, 0.6) is 0 Å². The summed E-state index contributed by atoms with van der Waals surface area (Å²) in [5.74, 6) is 2.49. The third kappa shape index (κ3) is 3.04. The largest absolute Gasteiger partial charge is 0.328 e. The highest BCUT2D eigenvalue weighted by Gasteiger charge is 2.12. The molecule has 1 aromatic rings. The molecule has 0 atom stereocenters. The van der Waals surface area contributed by atoms with Gasteiger partial charge in [0.25, 0.3) is 5.91 Å². The van der Waals surface area contributed by atoms with Gasteiger partial charge in [0.2, 0.25) is 0 Å². The molecular formula is C13H15NOS. The highest BCUT2D eigenvalue weighted by atomic mass is 32.2. The fraction of sp³-hybridized carbons (Fsp3) is 0.308. The number of rotatable bonds is 4. The van der Waals surface area contributed by atoms with Crippen molar-refractivity contribution >= 4 is 17.7 Å². The average molecular weight is 233 g/mol. The van der Waals surface area contributed by atoms with E-state index >= 15 is 0 Å². The molecule has 0 aliphatic carbocycles. The van der Waals surface area contributed by atoms with Crippen LogP contribution in [0.4, 0.5) is 0 Å². The van der Waals surface area contributed by atoms with Crippen LogP contribution in [0.2, 0.25) is 0 Å². The van der Waals surface area contributed by atoms with E-state index in [1.807, 2.05) is 37.4 Å². The van der Waals surface area contributed by atoms with E-state index < -0.39 is 0 Å². The molecule has 1 aromatic carbocycles. The van der Waals surface area contributed by atoms with Crippen molar-refractivity contribution in [1.29, 1.82) is 0 Å².